The molecule has 0 unspecified atom stereocenters. The van der Waals surface area contributed by atoms with Crippen molar-refractivity contribution in [2.45, 2.75) is 41.5 Å². The number of nitrogens with zero attached hydrogens (tertiary/aromatic N) is 7. The third-order valence-corrected chi connectivity index (χ3v) is 9.94. The molecule has 0 fully saturated rings. The second-order valence-electron chi connectivity index (χ2n) is 13.6. The maximum Gasteiger partial charge on any atom is 0.348 e. The van der Waals surface area contributed by atoms with Crippen LogP contribution < -0.4 is 14.7 Å². The predicted octanol–water partition coefficient (Wildman–Crippen LogP) is 7.28. The molecular weight excluding hydrogens is 771 g/mol. The lowest BCUT2D eigenvalue weighted by molar-refractivity contribution is -0.139. The largest absolute Gasteiger partial charge is 0.460 e. The minimum atomic E-state index is -0.809. The number of anilines is 3. The Morgan fingerprint density at radius 2 is 0.672 bits per heavy atom. The molecule has 0 radical (unpaired) electrons. The highest BCUT2D eigenvalue weighted by molar-refractivity contribution is 5.99. The molecule has 13 heteroatoms. The zero-order valence-electron chi connectivity index (χ0n) is 36.2. The Balaban J connectivity index is 1.69. The van der Waals surface area contributed by atoms with Crippen LogP contribution in [-0.4, -0.2) is 102 Å². The van der Waals surface area contributed by atoms with Crippen LogP contribution in [0.1, 0.15) is 58.2 Å². The SMILES string of the molecule is CCN(CC)c1ccc(/C=C(\C#N)C(=O)OCCN(CCOC(=O)/C(C#N)=C/c2ccc(N(CC)CC)cc2)CCOC(=O)/C(C#N)=C/c2ccc(N(CC)CC)cc2)cc1. The zero-order chi connectivity index (χ0) is 44.6. The number of rotatable bonds is 24. The molecule has 0 aliphatic heterocycles. The monoisotopic (exact) mass is 827 g/mol. The van der Waals surface area contributed by atoms with Crippen LogP contribution in [0.3, 0.4) is 0 Å². The van der Waals surface area contributed by atoms with Gasteiger partial charge in [0.05, 0.1) is 0 Å². The van der Waals surface area contributed by atoms with E-state index in [2.05, 4.69) is 56.2 Å². The molecular formula is C48H57N7O6. The summed E-state index contributed by atoms with van der Waals surface area (Å²) in [7, 11) is 0. The number of benzene rings is 3. The molecule has 61 heavy (non-hydrogen) atoms. The summed E-state index contributed by atoms with van der Waals surface area (Å²) in [5.41, 5.74) is 4.55. The van der Waals surface area contributed by atoms with Gasteiger partial charge in [-0.05, 0) is 113 Å². The average molecular weight is 828 g/mol. The number of carbonyl (C=O) groups excluding carboxylic acids is 3. The maximum atomic E-state index is 13.0. The highest BCUT2D eigenvalue weighted by Gasteiger charge is 2.17. The summed E-state index contributed by atoms with van der Waals surface area (Å²) >= 11 is 0. The zero-order valence-corrected chi connectivity index (χ0v) is 36.2. The Kier molecular flexibility index (Phi) is 20.9. The molecule has 3 rings (SSSR count). The van der Waals surface area contributed by atoms with Gasteiger partial charge in [0.25, 0.3) is 0 Å². The Labute approximate surface area is 360 Å². The number of esters is 3. The van der Waals surface area contributed by atoms with E-state index in [1.807, 2.05) is 91.0 Å². The van der Waals surface area contributed by atoms with E-state index in [4.69, 9.17) is 14.2 Å². The Hall–Kier alpha value is -6.88. The van der Waals surface area contributed by atoms with Gasteiger partial charge in [-0.1, -0.05) is 36.4 Å². The topological polar surface area (TPSA) is 163 Å². The van der Waals surface area contributed by atoms with Crippen LogP contribution in [0.4, 0.5) is 17.1 Å². The molecule has 0 atom stereocenters. The van der Waals surface area contributed by atoms with Gasteiger partial charge in [0.1, 0.15) is 54.7 Å². The van der Waals surface area contributed by atoms with E-state index in [1.165, 1.54) is 18.2 Å². The third kappa shape index (κ3) is 15.3. The molecule has 0 bridgehead atoms. The minimum Gasteiger partial charge on any atom is -0.460 e. The second kappa shape index (κ2) is 26.3. The normalized spacial score (nSPS) is 11.5. The molecule has 0 spiro atoms. The van der Waals surface area contributed by atoms with Crippen molar-refractivity contribution in [3.63, 3.8) is 0 Å². The lowest BCUT2D eigenvalue weighted by Crippen LogP contribution is -2.35. The van der Waals surface area contributed by atoms with Gasteiger partial charge in [-0.2, -0.15) is 15.8 Å². The lowest BCUT2D eigenvalue weighted by atomic mass is 10.1. The lowest BCUT2D eigenvalue weighted by Gasteiger charge is -2.22. The molecule has 0 heterocycles. The van der Waals surface area contributed by atoms with Crippen molar-refractivity contribution in [2.75, 3.05) is 93.4 Å². The van der Waals surface area contributed by atoms with E-state index in [0.29, 0.717) is 16.7 Å². The summed E-state index contributed by atoms with van der Waals surface area (Å²) in [6.45, 7) is 17.4. The van der Waals surface area contributed by atoms with Crippen LogP contribution in [0.15, 0.2) is 89.5 Å². The first-order chi connectivity index (χ1) is 29.6. The molecule has 0 saturated heterocycles. The first-order valence-electron chi connectivity index (χ1n) is 20.7. The number of nitriles is 3. The van der Waals surface area contributed by atoms with Crippen LogP contribution in [-0.2, 0) is 28.6 Å². The van der Waals surface area contributed by atoms with Gasteiger partial charge in [-0.3, -0.25) is 4.90 Å². The molecule has 0 N–H and O–H groups in total. The van der Waals surface area contributed by atoms with E-state index in [-0.39, 0.29) is 56.2 Å². The maximum absolute atomic E-state index is 13.0. The van der Waals surface area contributed by atoms with Crippen molar-refractivity contribution in [3.05, 3.63) is 106 Å². The van der Waals surface area contributed by atoms with Gasteiger partial charge in [0.2, 0.25) is 0 Å². The predicted molar refractivity (Wildman–Crippen MR) is 240 cm³/mol. The van der Waals surface area contributed by atoms with Crippen LogP contribution >= 0.6 is 0 Å². The van der Waals surface area contributed by atoms with E-state index >= 15 is 0 Å². The van der Waals surface area contributed by atoms with Gasteiger partial charge in [-0.15, -0.1) is 0 Å². The van der Waals surface area contributed by atoms with Crippen LogP contribution in [0, 0.1) is 34.0 Å². The fourth-order valence-electron chi connectivity index (χ4n) is 6.39. The number of hydrogen-bond acceptors (Lipinski definition) is 13. The quantitative estimate of drug-likeness (QED) is 0.0384. The Morgan fingerprint density at radius 1 is 0.443 bits per heavy atom. The van der Waals surface area contributed by atoms with Crippen molar-refractivity contribution in [2.24, 2.45) is 0 Å². The van der Waals surface area contributed by atoms with E-state index in [9.17, 15) is 30.2 Å². The summed E-state index contributed by atoms with van der Waals surface area (Å²) in [6, 6.07) is 28.3. The van der Waals surface area contributed by atoms with E-state index in [1.54, 1.807) is 4.90 Å². The Bertz CT molecular complexity index is 1850. The van der Waals surface area contributed by atoms with Gasteiger partial charge in [0, 0.05) is 76.0 Å². The van der Waals surface area contributed by atoms with Gasteiger partial charge in [-0.25, -0.2) is 14.4 Å². The molecule has 0 aliphatic carbocycles. The molecule has 0 aliphatic rings. The Morgan fingerprint density at radius 3 is 0.869 bits per heavy atom. The minimum absolute atomic E-state index is 0.123. The fraction of sp³-hybridized carbons (Fsp3) is 0.375. The highest BCUT2D eigenvalue weighted by Crippen LogP contribution is 2.20. The number of hydrogen-bond donors (Lipinski definition) is 0. The summed E-state index contributed by atoms with van der Waals surface area (Å²) in [5.74, 6) is -2.43. The van der Waals surface area contributed by atoms with Crippen LogP contribution in [0.25, 0.3) is 18.2 Å². The van der Waals surface area contributed by atoms with Crippen molar-refractivity contribution in [1.29, 1.82) is 15.8 Å². The summed E-state index contributed by atoms with van der Waals surface area (Å²) in [5, 5.41) is 29.3. The smallest absolute Gasteiger partial charge is 0.348 e. The van der Waals surface area contributed by atoms with Gasteiger partial charge >= 0.3 is 17.9 Å². The molecule has 320 valence electrons. The first kappa shape index (κ1) is 48.5. The third-order valence-electron chi connectivity index (χ3n) is 9.94. The van der Waals surface area contributed by atoms with Gasteiger partial charge in [0.15, 0.2) is 0 Å². The second-order valence-corrected chi connectivity index (χ2v) is 13.6. The van der Waals surface area contributed by atoms with E-state index < -0.39 is 17.9 Å². The van der Waals surface area contributed by atoms with Crippen molar-refractivity contribution < 1.29 is 28.6 Å². The molecule has 13 nitrogen and oxygen atoms in total. The summed E-state index contributed by atoms with van der Waals surface area (Å²) < 4.78 is 16.4. The van der Waals surface area contributed by atoms with Crippen molar-refractivity contribution in [3.8, 4) is 18.2 Å². The van der Waals surface area contributed by atoms with Gasteiger partial charge < -0.3 is 28.9 Å². The van der Waals surface area contributed by atoms with Crippen molar-refractivity contribution >= 4 is 53.2 Å². The molecule has 3 aromatic rings. The molecule has 0 saturated carbocycles. The fourth-order valence-corrected chi connectivity index (χ4v) is 6.39. The highest BCUT2D eigenvalue weighted by atomic mass is 16.5. The van der Waals surface area contributed by atoms with E-state index in [0.717, 1.165) is 56.3 Å². The first-order valence-corrected chi connectivity index (χ1v) is 20.7. The van der Waals surface area contributed by atoms with Crippen LogP contribution in [0.5, 0.6) is 0 Å². The number of ether oxygens (including phenoxy) is 3. The summed E-state index contributed by atoms with van der Waals surface area (Å²) in [6.07, 6.45) is 4.39. The molecule has 3 aromatic carbocycles. The van der Waals surface area contributed by atoms with Crippen molar-refractivity contribution in [1.82, 2.24) is 4.90 Å². The molecule has 0 aromatic heterocycles. The molecule has 0 amide bonds. The standard InChI is InChI=1S/C48H57N7O6/c1-7-53(8-2)43-19-13-37(14-20-43)31-40(34-49)46(56)59-28-25-52(26-29-60-47(57)41(35-50)32-38-15-21-44(22-16-38)54(9-3)10-4)27-30-61-48(58)42(36-51)33-39-17-23-45(24-18-39)55(11-5)12-6/h13-24,31-33H,7-12,25-30H2,1-6H3/b40-31+,41-32+,42-33+. The summed E-state index contributed by atoms with van der Waals surface area (Å²) in [4.78, 5) is 47.2. The average Bonchev–Trinajstić information content (AvgIpc) is 3.28. The number of carbonyl (C=O) groups is 3. The van der Waals surface area contributed by atoms with Crippen LogP contribution in [0.2, 0.25) is 0 Å².